The zero-order chi connectivity index (χ0) is 21.9. The van der Waals surface area contributed by atoms with Crippen LogP contribution in [0.5, 0.6) is 5.75 Å². The van der Waals surface area contributed by atoms with Crippen molar-refractivity contribution in [3.8, 4) is 5.75 Å². The van der Waals surface area contributed by atoms with Crippen LogP contribution < -0.4 is 15.4 Å². The molecule has 0 aliphatic carbocycles. The van der Waals surface area contributed by atoms with Crippen molar-refractivity contribution >= 4 is 17.3 Å². The number of rotatable bonds is 7. The SMILES string of the molecule is CC(=O)Nc1cc2c(cc1[N+](=O)[O-])OC(C)(C)C(O)C2NCCCc1ccccc1. The molecule has 0 aromatic heterocycles. The summed E-state index contributed by atoms with van der Waals surface area (Å²) in [4.78, 5) is 22.4. The lowest BCUT2D eigenvalue weighted by atomic mass is 9.86. The average Bonchev–Trinajstić information content (AvgIpc) is 2.68. The van der Waals surface area contributed by atoms with Crippen LogP contribution in [0.3, 0.4) is 0 Å². The highest BCUT2D eigenvalue weighted by molar-refractivity contribution is 5.91. The minimum absolute atomic E-state index is 0.0813. The fraction of sp³-hybridized carbons (Fsp3) is 0.409. The minimum Gasteiger partial charge on any atom is -0.484 e. The van der Waals surface area contributed by atoms with Gasteiger partial charge in [0.2, 0.25) is 5.91 Å². The van der Waals surface area contributed by atoms with Gasteiger partial charge >= 0.3 is 0 Å². The molecular formula is C22H27N3O5. The first-order valence-electron chi connectivity index (χ1n) is 9.93. The Bertz CT molecular complexity index is 930. The van der Waals surface area contributed by atoms with Gasteiger partial charge in [-0.2, -0.15) is 0 Å². The standard InChI is InChI=1S/C22H27N3O5/c1-14(26)24-17-12-16-19(13-18(17)25(28)29)30-22(2,3)21(27)20(16)23-11-7-10-15-8-5-4-6-9-15/h4-6,8-9,12-13,20-21,23,27H,7,10-11H2,1-3H3,(H,24,26). The normalized spacial score (nSPS) is 19.5. The number of carbonyl (C=O) groups excluding carboxylic acids is 1. The maximum atomic E-state index is 11.5. The number of nitrogens with zero attached hydrogens (tertiary/aromatic N) is 1. The summed E-state index contributed by atoms with van der Waals surface area (Å²) >= 11 is 0. The van der Waals surface area contributed by atoms with Crippen LogP contribution in [0.25, 0.3) is 0 Å². The van der Waals surface area contributed by atoms with E-state index in [1.54, 1.807) is 13.8 Å². The van der Waals surface area contributed by atoms with E-state index in [1.165, 1.54) is 24.6 Å². The molecule has 3 N–H and O–H groups in total. The molecule has 30 heavy (non-hydrogen) atoms. The number of benzene rings is 2. The van der Waals surface area contributed by atoms with Gasteiger partial charge in [-0.3, -0.25) is 14.9 Å². The van der Waals surface area contributed by atoms with Crippen LogP contribution >= 0.6 is 0 Å². The molecule has 2 unspecified atom stereocenters. The third-order valence-corrected chi connectivity index (χ3v) is 5.22. The Morgan fingerprint density at radius 1 is 1.27 bits per heavy atom. The van der Waals surface area contributed by atoms with E-state index in [4.69, 9.17) is 4.74 Å². The van der Waals surface area contributed by atoms with Crippen molar-refractivity contribution in [2.45, 2.75) is 51.4 Å². The maximum absolute atomic E-state index is 11.5. The molecule has 2 atom stereocenters. The van der Waals surface area contributed by atoms with Crippen molar-refractivity contribution in [3.63, 3.8) is 0 Å². The van der Waals surface area contributed by atoms with E-state index in [-0.39, 0.29) is 11.4 Å². The van der Waals surface area contributed by atoms with Crippen LogP contribution in [-0.2, 0) is 11.2 Å². The van der Waals surface area contributed by atoms with Crippen molar-refractivity contribution in [1.29, 1.82) is 0 Å². The number of hydrogen-bond donors (Lipinski definition) is 3. The van der Waals surface area contributed by atoms with E-state index in [0.29, 0.717) is 17.9 Å². The smallest absolute Gasteiger partial charge is 0.296 e. The van der Waals surface area contributed by atoms with Crippen molar-refractivity contribution in [2.75, 3.05) is 11.9 Å². The second-order valence-corrected chi connectivity index (χ2v) is 8.02. The number of ether oxygens (including phenoxy) is 1. The number of aliphatic hydroxyl groups excluding tert-OH is 1. The first-order chi connectivity index (χ1) is 14.2. The number of fused-ring (bicyclic) bond motifs is 1. The molecule has 1 heterocycles. The number of nitrogens with one attached hydrogen (secondary N) is 2. The third kappa shape index (κ3) is 4.77. The highest BCUT2D eigenvalue weighted by atomic mass is 16.6. The molecule has 3 rings (SSSR count). The molecule has 8 nitrogen and oxygen atoms in total. The molecule has 2 aromatic carbocycles. The second-order valence-electron chi connectivity index (χ2n) is 8.02. The predicted octanol–water partition coefficient (Wildman–Crippen LogP) is 3.35. The van der Waals surface area contributed by atoms with E-state index < -0.39 is 28.6 Å². The Hall–Kier alpha value is -2.97. The number of hydrogen-bond acceptors (Lipinski definition) is 6. The Labute approximate surface area is 175 Å². The van der Waals surface area contributed by atoms with Crippen LogP contribution in [0.4, 0.5) is 11.4 Å². The van der Waals surface area contributed by atoms with Crippen LogP contribution in [-0.4, -0.2) is 34.2 Å². The van der Waals surface area contributed by atoms with E-state index >= 15 is 0 Å². The fourth-order valence-electron chi connectivity index (χ4n) is 3.69. The number of anilines is 1. The molecule has 0 fully saturated rings. The van der Waals surface area contributed by atoms with Gasteiger partial charge in [0.1, 0.15) is 23.1 Å². The molecule has 0 bridgehead atoms. The molecule has 0 saturated carbocycles. The summed E-state index contributed by atoms with van der Waals surface area (Å²) in [6, 6.07) is 12.5. The monoisotopic (exact) mass is 413 g/mol. The van der Waals surface area contributed by atoms with Gasteiger partial charge in [-0.15, -0.1) is 0 Å². The molecule has 0 radical (unpaired) electrons. The number of aryl methyl sites for hydroxylation is 1. The van der Waals surface area contributed by atoms with Gasteiger partial charge in [0, 0.05) is 12.5 Å². The van der Waals surface area contributed by atoms with E-state index in [1.807, 2.05) is 18.2 Å². The van der Waals surface area contributed by atoms with Crippen molar-refractivity contribution in [1.82, 2.24) is 5.32 Å². The summed E-state index contributed by atoms with van der Waals surface area (Å²) in [7, 11) is 0. The van der Waals surface area contributed by atoms with Gasteiger partial charge in [-0.1, -0.05) is 30.3 Å². The van der Waals surface area contributed by atoms with Crippen LogP contribution in [0.2, 0.25) is 0 Å². The van der Waals surface area contributed by atoms with E-state index in [2.05, 4.69) is 22.8 Å². The molecule has 1 aliphatic rings. The zero-order valence-electron chi connectivity index (χ0n) is 17.3. The van der Waals surface area contributed by atoms with Crippen molar-refractivity contribution in [2.24, 2.45) is 0 Å². The predicted molar refractivity (Wildman–Crippen MR) is 114 cm³/mol. The maximum Gasteiger partial charge on any atom is 0.296 e. The first-order valence-corrected chi connectivity index (χ1v) is 9.93. The summed E-state index contributed by atoms with van der Waals surface area (Å²) in [6.45, 7) is 5.41. The Morgan fingerprint density at radius 2 is 1.97 bits per heavy atom. The highest BCUT2D eigenvalue weighted by Gasteiger charge is 2.43. The van der Waals surface area contributed by atoms with Gasteiger partial charge < -0.3 is 20.5 Å². The number of carbonyl (C=O) groups is 1. The number of nitro groups is 1. The molecule has 1 amide bonds. The number of amides is 1. The molecule has 8 heteroatoms. The summed E-state index contributed by atoms with van der Waals surface area (Å²) in [5.74, 6) is -0.0883. The van der Waals surface area contributed by atoms with Gasteiger partial charge in [0.25, 0.3) is 5.69 Å². The average molecular weight is 413 g/mol. The van der Waals surface area contributed by atoms with Crippen LogP contribution in [0.1, 0.15) is 44.4 Å². The van der Waals surface area contributed by atoms with Crippen molar-refractivity contribution < 1.29 is 19.6 Å². The number of aliphatic hydroxyl groups is 1. The Balaban J connectivity index is 1.85. The third-order valence-electron chi connectivity index (χ3n) is 5.22. The van der Waals surface area contributed by atoms with E-state index in [0.717, 1.165) is 12.8 Å². The summed E-state index contributed by atoms with van der Waals surface area (Å²) in [5, 5.41) is 28.3. The topological polar surface area (TPSA) is 114 Å². The van der Waals surface area contributed by atoms with Crippen LogP contribution in [0, 0.1) is 10.1 Å². The largest absolute Gasteiger partial charge is 0.484 e. The van der Waals surface area contributed by atoms with Gasteiger partial charge in [-0.05, 0) is 44.9 Å². The van der Waals surface area contributed by atoms with Crippen LogP contribution in [0.15, 0.2) is 42.5 Å². The second kappa shape index (κ2) is 8.81. The lowest BCUT2D eigenvalue weighted by Crippen LogP contribution is -2.52. The first kappa shape index (κ1) is 21.7. The van der Waals surface area contributed by atoms with Gasteiger partial charge in [-0.25, -0.2) is 0 Å². The lowest BCUT2D eigenvalue weighted by molar-refractivity contribution is -0.384. The van der Waals surface area contributed by atoms with Crippen molar-refractivity contribution in [3.05, 3.63) is 63.7 Å². The summed E-state index contributed by atoms with van der Waals surface area (Å²) in [6.07, 6.45) is 0.865. The molecule has 1 aliphatic heterocycles. The zero-order valence-corrected chi connectivity index (χ0v) is 17.3. The molecule has 2 aromatic rings. The van der Waals surface area contributed by atoms with Gasteiger partial charge in [0.05, 0.1) is 17.0 Å². The quantitative estimate of drug-likeness (QED) is 0.364. The number of nitro benzene ring substituents is 1. The molecule has 0 spiro atoms. The summed E-state index contributed by atoms with van der Waals surface area (Å²) < 4.78 is 5.88. The molecule has 160 valence electrons. The minimum atomic E-state index is -0.937. The van der Waals surface area contributed by atoms with Gasteiger partial charge in [0.15, 0.2) is 0 Å². The van der Waals surface area contributed by atoms with E-state index in [9.17, 15) is 20.0 Å². The fourth-order valence-corrected chi connectivity index (χ4v) is 3.69. The highest BCUT2D eigenvalue weighted by Crippen LogP contribution is 2.44. The molecule has 0 saturated heterocycles. The summed E-state index contributed by atoms with van der Waals surface area (Å²) in [5.41, 5.74) is 0.705. The molecular weight excluding hydrogens is 386 g/mol. The Kier molecular flexibility index (Phi) is 6.38. The lowest BCUT2D eigenvalue weighted by Gasteiger charge is -2.42. The Morgan fingerprint density at radius 3 is 2.60 bits per heavy atom.